The van der Waals surface area contributed by atoms with Crippen LogP contribution < -0.4 is 0 Å². The van der Waals surface area contributed by atoms with Gasteiger partial charge in [-0.1, -0.05) is 12.1 Å². The Morgan fingerprint density at radius 3 is 2.72 bits per heavy atom. The molecule has 0 aliphatic heterocycles. The summed E-state index contributed by atoms with van der Waals surface area (Å²) in [6.07, 6.45) is 0.288. The highest BCUT2D eigenvalue weighted by Gasteiger charge is 2.21. The lowest BCUT2D eigenvalue weighted by atomic mass is 10.1. The van der Waals surface area contributed by atoms with Gasteiger partial charge in [0.25, 0.3) is 5.91 Å². The zero-order valence-electron chi connectivity index (χ0n) is 11.0. The molecule has 0 bridgehead atoms. The highest BCUT2D eigenvalue weighted by Crippen LogP contribution is 2.23. The van der Waals surface area contributed by atoms with Crippen molar-refractivity contribution in [2.24, 2.45) is 0 Å². The lowest BCUT2D eigenvalue weighted by Crippen LogP contribution is -2.37. The van der Waals surface area contributed by atoms with Crippen LogP contribution in [-0.2, 0) is 0 Å². The van der Waals surface area contributed by atoms with E-state index in [0.29, 0.717) is 17.7 Å². The van der Waals surface area contributed by atoms with Crippen molar-refractivity contribution in [3.05, 3.63) is 29.3 Å². The molecule has 18 heavy (non-hydrogen) atoms. The fourth-order valence-corrected chi connectivity index (χ4v) is 1.75. The smallest absolute Gasteiger partial charge is 0.257 e. The van der Waals surface area contributed by atoms with Gasteiger partial charge >= 0.3 is 0 Å². The van der Waals surface area contributed by atoms with Gasteiger partial charge in [-0.15, -0.1) is 0 Å². The van der Waals surface area contributed by atoms with E-state index in [4.69, 9.17) is 5.26 Å². The Labute approximate surface area is 107 Å². The van der Waals surface area contributed by atoms with Crippen molar-refractivity contribution in [3.8, 4) is 11.8 Å². The summed E-state index contributed by atoms with van der Waals surface area (Å²) in [5.41, 5.74) is 0.964. The maximum Gasteiger partial charge on any atom is 0.257 e. The Morgan fingerprint density at radius 1 is 1.50 bits per heavy atom. The zero-order valence-corrected chi connectivity index (χ0v) is 11.0. The van der Waals surface area contributed by atoms with E-state index in [1.54, 1.807) is 30.0 Å². The molecular weight excluding hydrogens is 228 g/mol. The van der Waals surface area contributed by atoms with Crippen LogP contribution in [-0.4, -0.2) is 28.5 Å². The summed E-state index contributed by atoms with van der Waals surface area (Å²) in [5.74, 6) is -0.216. The highest BCUT2D eigenvalue weighted by atomic mass is 16.3. The Hall–Kier alpha value is -2.02. The largest absolute Gasteiger partial charge is 0.507 e. The van der Waals surface area contributed by atoms with Crippen molar-refractivity contribution in [2.45, 2.75) is 33.2 Å². The molecule has 1 aromatic rings. The molecule has 0 radical (unpaired) electrons. The molecule has 0 fully saturated rings. The normalized spacial score (nSPS) is 10.2. The van der Waals surface area contributed by atoms with Crippen LogP contribution in [0.1, 0.15) is 36.2 Å². The minimum absolute atomic E-state index is 0.00855. The third kappa shape index (κ3) is 3.01. The van der Waals surface area contributed by atoms with E-state index >= 15 is 0 Å². The molecular formula is C14H18N2O2. The van der Waals surface area contributed by atoms with Crippen LogP contribution in [0.25, 0.3) is 0 Å². The Kier molecular flexibility index (Phi) is 4.73. The van der Waals surface area contributed by atoms with Crippen molar-refractivity contribution in [3.63, 3.8) is 0 Å². The van der Waals surface area contributed by atoms with Crippen LogP contribution in [0.15, 0.2) is 18.2 Å². The quantitative estimate of drug-likeness (QED) is 0.887. The number of nitrogens with zero attached hydrogens (tertiary/aromatic N) is 2. The molecule has 0 aromatic heterocycles. The summed E-state index contributed by atoms with van der Waals surface area (Å²) < 4.78 is 0. The Bertz CT molecular complexity index is 475. The second-order valence-corrected chi connectivity index (χ2v) is 4.47. The number of amides is 1. The number of para-hydroxylation sites is 1. The van der Waals surface area contributed by atoms with Crippen LogP contribution in [0.2, 0.25) is 0 Å². The number of benzene rings is 1. The molecule has 0 saturated heterocycles. The van der Waals surface area contributed by atoms with E-state index in [1.807, 2.05) is 19.9 Å². The number of carbonyl (C=O) groups excluding carboxylic acids is 1. The molecule has 0 spiro atoms. The molecule has 0 unspecified atom stereocenters. The molecule has 4 nitrogen and oxygen atoms in total. The predicted octanol–water partition coefficient (Wildman–Crippen LogP) is 2.46. The number of aromatic hydroxyl groups is 1. The minimum atomic E-state index is -0.235. The van der Waals surface area contributed by atoms with Gasteiger partial charge in [0, 0.05) is 12.6 Å². The third-order valence-electron chi connectivity index (χ3n) is 2.82. The van der Waals surface area contributed by atoms with Crippen molar-refractivity contribution in [1.29, 1.82) is 5.26 Å². The first-order valence-corrected chi connectivity index (χ1v) is 5.95. The molecule has 96 valence electrons. The molecule has 4 heteroatoms. The summed E-state index contributed by atoms with van der Waals surface area (Å²) in [6, 6.07) is 7.12. The molecule has 1 amide bonds. The average Bonchev–Trinajstić information content (AvgIpc) is 2.32. The predicted molar refractivity (Wildman–Crippen MR) is 69.2 cm³/mol. The monoisotopic (exact) mass is 246 g/mol. The van der Waals surface area contributed by atoms with Gasteiger partial charge in [0.05, 0.1) is 18.1 Å². The van der Waals surface area contributed by atoms with Gasteiger partial charge in [-0.3, -0.25) is 4.79 Å². The molecule has 1 aromatic carbocycles. The number of nitriles is 1. The molecule has 0 atom stereocenters. The maximum absolute atomic E-state index is 12.3. The average molecular weight is 246 g/mol. The van der Waals surface area contributed by atoms with Gasteiger partial charge in [0.15, 0.2) is 0 Å². The van der Waals surface area contributed by atoms with Gasteiger partial charge in [-0.2, -0.15) is 5.26 Å². The van der Waals surface area contributed by atoms with E-state index < -0.39 is 0 Å². The second kappa shape index (κ2) is 6.06. The number of hydrogen-bond acceptors (Lipinski definition) is 3. The first-order chi connectivity index (χ1) is 8.49. The second-order valence-electron chi connectivity index (χ2n) is 4.47. The molecule has 0 aliphatic rings. The fourth-order valence-electron chi connectivity index (χ4n) is 1.75. The summed E-state index contributed by atoms with van der Waals surface area (Å²) >= 11 is 0. The van der Waals surface area contributed by atoms with Crippen LogP contribution >= 0.6 is 0 Å². The SMILES string of the molecule is Cc1cccc(C(=O)N(CCC#N)C(C)C)c1O. The number of hydrogen-bond donors (Lipinski definition) is 1. The Balaban J connectivity index is 3.03. The Morgan fingerprint density at radius 2 is 2.17 bits per heavy atom. The zero-order chi connectivity index (χ0) is 13.7. The van der Waals surface area contributed by atoms with Gasteiger partial charge in [-0.25, -0.2) is 0 Å². The van der Waals surface area contributed by atoms with E-state index in [0.717, 1.165) is 0 Å². The summed E-state index contributed by atoms with van der Waals surface area (Å²) in [5, 5.41) is 18.5. The number of rotatable bonds is 4. The number of carbonyl (C=O) groups is 1. The number of phenolic OH excluding ortho intramolecular Hbond substituents is 1. The summed E-state index contributed by atoms with van der Waals surface area (Å²) in [7, 11) is 0. The third-order valence-corrected chi connectivity index (χ3v) is 2.82. The van der Waals surface area contributed by atoms with Gasteiger partial charge < -0.3 is 10.0 Å². The highest BCUT2D eigenvalue weighted by molar-refractivity contribution is 5.97. The fraction of sp³-hybridized carbons (Fsp3) is 0.429. The maximum atomic E-state index is 12.3. The number of aryl methyl sites for hydroxylation is 1. The lowest BCUT2D eigenvalue weighted by Gasteiger charge is -2.26. The molecule has 0 saturated carbocycles. The van der Waals surface area contributed by atoms with E-state index in [-0.39, 0.29) is 24.1 Å². The van der Waals surface area contributed by atoms with Crippen LogP contribution in [0, 0.1) is 18.3 Å². The first-order valence-electron chi connectivity index (χ1n) is 5.95. The van der Waals surface area contributed by atoms with Crippen molar-refractivity contribution >= 4 is 5.91 Å². The standard InChI is InChI=1S/C14H18N2O2/c1-10(2)16(9-5-8-15)14(18)12-7-4-6-11(3)13(12)17/h4,6-7,10,17H,5,9H2,1-3H3. The molecule has 0 heterocycles. The van der Waals surface area contributed by atoms with E-state index in [2.05, 4.69) is 0 Å². The van der Waals surface area contributed by atoms with Crippen molar-refractivity contribution < 1.29 is 9.90 Å². The van der Waals surface area contributed by atoms with E-state index in [1.165, 1.54) is 0 Å². The van der Waals surface area contributed by atoms with Crippen LogP contribution in [0.5, 0.6) is 5.75 Å². The minimum Gasteiger partial charge on any atom is -0.507 e. The molecule has 1 rings (SSSR count). The van der Waals surface area contributed by atoms with Crippen LogP contribution in [0.4, 0.5) is 0 Å². The summed E-state index contributed by atoms with van der Waals surface area (Å²) in [6.45, 7) is 5.91. The van der Waals surface area contributed by atoms with E-state index in [9.17, 15) is 9.90 Å². The first kappa shape index (κ1) is 14.0. The van der Waals surface area contributed by atoms with Gasteiger partial charge in [0.1, 0.15) is 5.75 Å². The van der Waals surface area contributed by atoms with Gasteiger partial charge in [0.2, 0.25) is 0 Å². The molecule has 0 aliphatic carbocycles. The van der Waals surface area contributed by atoms with Crippen molar-refractivity contribution in [2.75, 3.05) is 6.54 Å². The van der Waals surface area contributed by atoms with Crippen molar-refractivity contribution in [1.82, 2.24) is 4.90 Å². The number of phenols is 1. The van der Waals surface area contributed by atoms with Gasteiger partial charge in [-0.05, 0) is 32.4 Å². The lowest BCUT2D eigenvalue weighted by molar-refractivity contribution is 0.0707. The summed E-state index contributed by atoms with van der Waals surface area (Å²) in [4.78, 5) is 13.9. The molecule has 1 N–H and O–H groups in total. The topological polar surface area (TPSA) is 64.3 Å². The van der Waals surface area contributed by atoms with Crippen LogP contribution in [0.3, 0.4) is 0 Å².